The lowest BCUT2D eigenvalue weighted by molar-refractivity contribution is 0.461. The summed E-state index contributed by atoms with van der Waals surface area (Å²) >= 11 is 10.9. The van der Waals surface area contributed by atoms with Crippen LogP contribution in [0.1, 0.15) is 11.3 Å². The lowest BCUT2D eigenvalue weighted by atomic mass is 10.2. The molecule has 1 heterocycles. The third-order valence-corrected chi connectivity index (χ3v) is 2.73. The Kier molecular flexibility index (Phi) is 3.79. The van der Waals surface area contributed by atoms with Crippen LogP contribution in [0, 0.1) is 6.92 Å². The highest BCUT2D eigenvalue weighted by atomic mass is 35.5. The van der Waals surface area contributed by atoms with Crippen molar-refractivity contribution in [3.8, 4) is 11.6 Å². The number of benzene rings is 1. The maximum atomic E-state index is 5.89. The van der Waals surface area contributed by atoms with E-state index in [1.165, 1.54) is 0 Å². The summed E-state index contributed by atoms with van der Waals surface area (Å²) in [7, 11) is 0. The van der Waals surface area contributed by atoms with Gasteiger partial charge in [0, 0.05) is 10.7 Å². The van der Waals surface area contributed by atoms with Gasteiger partial charge in [-0.1, -0.05) is 29.9 Å². The first-order valence-corrected chi connectivity index (χ1v) is 6.06. The van der Waals surface area contributed by atoms with Crippen molar-refractivity contribution >= 4 is 28.8 Å². The summed E-state index contributed by atoms with van der Waals surface area (Å²) in [6, 6.07) is 10.7. The number of pyridine rings is 1. The maximum absolute atomic E-state index is 5.89. The van der Waals surface area contributed by atoms with E-state index in [1.807, 2.05) is 13.0 Å². The summed E-state index contributed by atoms with van der Waals surface area (Å²) in [5.74, 6) is 0.989. The van der Waals surface area contributed by atoms with Crippen molar-refractivity contribution in [3.63, 3.8) is 0 Å². The molecule has 18 heavy (non-hydrogen) atoms. The fourth-order valence-electron chi connectivity index (χ4n) is 1.44. The Hall–Kier alpha value is -1.65. The van der Waals surface area contributed by atoms with E-state index in [2.05, 4.69) is 4.98 Å². The van der Waals surface area contributed by atoms with Crippen LogP contribution in [-0.4, -0.2) is 9.97 Å². The molecule has 0 atom stereocenters. The van der Waals surface area contributed by atoms with E-state index < -0.39 is 0 Å². The Bertz CT molecular complexity index is 601. The van der Waals surface area contributed by atoms with Crippen molar-refractivity contribution in [2.24, 2.45) is 5.73 Å². The molecule has 0 fully saturated rings. The molecule has 0 aliphatic heterocycles. The van der Waals surface area contributed by atoms with Crippen molar-refractivity contribution in [2.45, 2.75) is 6.92 Å². The molecule has 2 rings (SSSR count). The van der Waals surface area contributed by atoms with E-state index in [9.17, 15) is 0 Å². The molecule has 92 valence electrons. The van der Waals surface area contributed by atoms with E-state index in [0.29, 0.717) is 22.2 Å². The fraction of sp³-hybridized carbons (Fsp3) is 0.0769. The van der Waals surface area contributed by atoms with Gasteiger partial charge in [-0.2, -0.15) is 0 Å². The standard InChI is InChI=1S/C13H11ClN2OS/c1-8-5-6-11(12(15)18)13(16-8)17-10-4-2-3-9(14)7-10/h2-7H,1H3,(H2,15,18). The van der Waals surface area contributed by atoms with Gasteiger partial charge in [0.05, 0.1) is 5.56 Å². The Morgan fingerprint density at radius 3 is 2.78 bits per heavy atom. The quantitative estimate of drug-likeness (QED) is 0.874. The summed E-state index contributed by atoms with van der Waals surface area (Å²) in [6.07, 6.45) is 0. The zero-order valence-corrected chi connectivity index (χ0v) is 11.3. The highest BCUT2D eigenvalue weighted by Crippen LogP contribution is 2.25. The van der Waals surface area contributed by atoms with Gasteiger partial charge in [-0.25, -0.2) is 4.98 Å². The summed E-state index contributed by atoms with van der Waals surface area (Å²) < 4.78 is 5.67. The summed E-state index contributed by atoms with van der Waals surface area (Å²) in [4.78, 5) is 4.54. The van der Waals surface area contributed by atoms with E-state index in [1.54, 1.807) is 30.3 Å². The monoisotopic (exact) mass is 278 g/mol. The van der Waals surface area contributed by atoms with Gasteiger partial charge in [-0.15, -0.1) is 0 Å². The van der Waals surface area contributed by atoms with Gasteiger partial charge in [0.25, 0.3) is 0 Å². The second-order valence-electron chi connectivity index (χ2n) is 3.73. The number of nitrogens with zero attached hydrogens (tertiary/aromatic N) is 1. The number of ether oxygens (including phenoxy) is 1. The SMILES string of the molecule is Cc1ccc(C(N)=S)c(Oc2cccc(Cl)c2)n1. The molecule has 0 aliphatic carbocycles. The molecule has 0 radical (unpaired) electrons. The van der Waals surface area contributed by atoms with Gasteiger partial charge in [-0.05, 0) is 37.3 Å². The number of thiocarbonyl (C=S) groups is 1. The van der Waals surface area contributed by atoms with Crippen molar-refractivity contribution in [3.05, 3.63) is 52.7 Å². The lowest BCUT2D eigenvalue weighted by Gasteiger charge is -2.10. The summed E-state index contributed by atoms with van der Waals surface area (Å²) in [5, 5.41) is 0.594. The smallest absolute Gasteiger partial charge is 0.229 e. The van der Waals surface area contributed by atoms with Crippen molar-refractivity contribution in [1.29, 1.82) is 0 Å². The topological polar surface area (TPSA) is 48.1 Å². The molecule has 0 saturated carbocycles. The van der Waals surface area contributed by atoms with Crippen LogP contribution in [0.15, 0.2) is 36.4 Å². The van der Waals surface area contributed by atoms with Gasteiger partial charge in [-0.3, -0.25) is 0 Å². The van der Waals surface area contributed by atoms with Crippen molar-refractivity contribution in [1.82, 2.24) is 4.98 Å². The average Bonchev–Trinajstić information content (AvgIpc) is 2.28. The average molecular weight is 279 g/mol. The number of nitrogens with two attached hydrogens (primary N) is 1. The molecule has 0 unspecified atom stereocenters. The maximum Gasteiger partial charge on any atom is 0.229 e. The predicted octanol–water partition coefficient (Wildman–Crippen LogP) is 3.47. The Morgan fingerprint density at radius 2 is 2.11 bits per heavy atom. The molecule has 2 N–H and O–H groups in total. The molecule has 5 heteroatoms. The summed E-state index contributed by atoms with van der Waals surface area (Å²) in [5.41, 5.74) is 7.07. The second-order valence-corrected chi connectivity index (χ2v) is 4.61. The van der Waals surface area contributed by atoms with Crippen LogP contribution in [0.5, 0.6) is 11.6 Å². The van der Waals surface area contributed by atoms with Crippen LogP contribution in [-0.2, 0) is 0 Å². The molecule has 0 saturated heterocycles. The van der Waals surface area contributed by atoms with Crippen LogP contribution in [0.4, 0.5) is 0 Å². The minimum Gasteiger partial charge on any atom is -0.438 e. The van der Waals surface area contributed by atoms with Crippen LogP contribution in [0.25, 0.3) is 0 Å². The van der Waals surface area contributed by atoms with Crippen LogP contribution >= 0.6 is 23.8 Å². The zero-order chi connectivity index (χ0) is 13.1. The molecule has 0 bridgehead atoms. The zero-order valence-electron chi connectivity index (χ0n) is 9.68. The Labute approximate surface area is 116 Å². The van der Waals surface area contributed by atoms with Gasteiger partial charge in [0.15, 0.2) is 0 Å². The predicted molar refractivity (Wildman–Crippen MR) is 76.4 cm³/mol. The number of rotatable bonds is 3. The first-order chi connectivity index (χ1) is 8.56. The number of hydrogen-bond donors (Lipinski definition) is 1. The highest BCUT2D eigenvalue weighted by molar-refractivity contribution is 7.80. The third kappa shape index (κ3) is 2.97. The molecule has 0 aliphatic rings. The van der Waals surface area contributed by atoms with Crippen LogP contribution in [0.2, 0.25) is 5.02 Å². The molecule has 2 aromatic rings. The van der Waals surface area contributed by atoms with Crippen molar-refractivity contribution < 1.29 is 4.74 Å². The van der Waals surface area contributed by atoms with Gasteiger partial charge >= 0.3 is 0 Å². The second kappa shape index (κ2) is 5.33. The minimum atomic E-state index is 0.250. The van der Waals surface area contributed by atoms with Gasteiger partial charge in [0.1, 0.15) is 10.7 Å². The van der Waals surface area contributed by atoms with Gasteiger partial charge in [0.2, 0.25) is 5.88 Å². The van der Waals surface area contributed by atoms with Crippen LogP contribution in [0.3, 0.4) is 0 Å². The minimum absolute atomic E-state index is 0.250. The molecular formula is C13H11ClN2OS. The highest BCUT2D eigenvalue weighted by Gasteiger charge is 2.09. The first-order valence-electron chi connectivity index (χ1n) is 5.27. The fourth-order valence-corrected chi connectivity index (χ4v) is 1.78. The van der Waals surface area contributed by atoms with Gasteiger partial charge < -0.3 is 10.5 Å². The van der Waals surface area contributed by atoms with E-state index in [4.69, 9.17) is 34.3 Å². The van der Waals surface area contributed by atoms with E-state index in [0.717, 1.165) is 5.69 Å². The Morgan fingerprint density at radius 1 is 1.33 bits per heavy atom. The molecular weight excluding hydrogens is 268 g/mol. The molecule has 1 aromatic carbocycles. The number of aromatic nitrogens is 1. The molecule has 1 aromatic heterocycles. The normalized spacial score (nSPS) is 10.1. The first kappa shape index (κ1) is 12.8. The number of hydrogen-bond acceptors (Lipinski definition) is 3. The molecule has 0 amide bonds. The third-order valence-electron chi connectivity index (χ3n) is 2.28. The van der Waals surface area contributed by atoms with E-state index >= 15 is 0 Å². The Balaban J connectivity index is 2.39. The van der Waals surface area contributed by atoms with Crippen molar-refractivity contribution in [2.75, 3.05) is 0 Å². The van der Waals surface area contributed by atoms with E-state index in [-0.39, 0.29) is 4.99 Å². The lowest BCUT2D eigenvalue weighted by Crippen LogP contribution is -2.11. The van der Waals surface area contributed by atoms with Crippen LogP contribution < -0.4 is 10.5 Å². The molecule has 3 nitrogen and oxygen atoms in total. The largest absolute Gasteiger partial charge is 0.438 e. The number of aryl methyl sites for hydroxylation is 1. The summed E-state index contributed by atoms with van der Waals surface area (Å²) in [6.45, 7) is 1.87. The number of halogens is 1. The molecule has 0 spiro atoms.